The maximum absolute atomic E-state index is 11.5. The molecule has 1 unspecified atom stereocenters. The van der Waals surface area contributed by atoms with Crippen LogP contribution in [-0.2, 0) is 4.79 Å². The van der Waals surface area contributed by atoms with E-state index in [2.05, 4.69) is 0 Å². The van der Waals surface area contributed by atoms with E-state index in [-0.39, 0.29) is 19.1 Å². The van der Waals surface area contributed by atoms with E-state index in [9.17, 15) is 9.90 Å². The molecule has 2 atom stereocenters. The molecule has 1 amide bonds. The maximum Gasteiger partial charge on any atom is 0.239 e. The minimum Gasteiger partial charge on any atom is -0.393 e. The number of hydrogen-bond acceptors (Lipinski definition) is 4. The number of nitrogens with two attached hydrogens (primary N) is 1. The number of aliphatic hydroxyl groups is 2. The molecule has 0 saturated carbocycles. The average molecular weight is 202 g/mol. The molecular formula is C9H18N2O3. The third kappa shape index (κ3) is 2.43. The predicted octanol–water partition coefficient (Wildman–Crippen LogP) is -1.32. The fourth-order valence-electron chi connectivity index (χ4n) is 1.72. The molecule has 0 radical (unpaired) electrons. The molecule has 1 heterocycles. The number of piperidine rings is 1. The van der Waals surface area contributed by atoms with Crippen molar-refractivity contribution in [2.45, 2.75) is 31.4 Å². The van der Waals surface area contributed by atoms with E-state index in [1.165, 1.54) is 4.90 Å². The molecule has 0 bridgehead atoms. The Morgan fingerprint density at radius 3 is 2.86 bits per heavy atom. The summed E-state index contributed by atoms with van der Waals surface area (Å²) in [5, 5.41) is 18.8. The van der Waals surface area contributed by atoms with Crippen molar-refractivity contribution < 1.29 is 15.0 Å². The van der Waals surface area contributed by atoms with Crippen molar-refractivity contribution in [3.63, 3.8) is 0 Å². The van der Waals surface area contributed by atoms with Gasteiger partial charge in [0.15, 0.2) is 0 Å². The maximum atomic E-state index is 11.5. The lowest BCUT2D eigenvalue weighted by molar-refractivity contribution is -0.141. The topological polar surface area (TPSA) is 86.8 Å². The van der Waals surface area contributed by atoms with Crippen LogP contribution in [0.2, 0.25) is 0 Å². The lowest BCUT2D eigenvalue weighted by Crippen LogP contribution is -2.55. The molecular weight excluding hydrogens is 184 g/mol. The van der Waals surface area contributed by atoms with Crippen LogP contribution >= 0.6 is 0 Å². The van der Waals surface area contributed by atoms with Gasteiger partial charge in [-0.05, 0) is 19.8 Å². The van der Waals surface area contributed by atoms with Crippen molar-refractivity contribution in [1.82, 2.24) is 4.90 Å². The Kier molecular flexibility index (Phi) is 3.47. The molecule has 0 aromatic carbocycles. The summed E-state index contributed by atoms with van der Waals surface area (Å²) in [5.74, 6) is -0.170. The fourth-order valence-corrected chi connectivity index (χ4v) is 1.72. The van der Waals surface area contributed by atoms with Gasteiger partial charge in [-0.2, -0.15) is 0 Å². The number of carbonyl (C=O) groups excluding carboxylic acids is 1. The molecule has 5 nitrogen and oxygen atoms in total. The second-order valence-corrected chi connectivity index (χ2v) is 4.03. The van der Waals surface area contributed by atoms with Crippen LogP contribution in [0.1, 0.15) is 19.8 Å². The van der Waals surface area contributed by atoms with E-state index >= 15 is 0 Å². The number of rotatable bonds is 2. The Morgan fingerprint density at radius 1 is 1.71 bits per heavy atom. The van der Waals surface area contributed by atoms with Gasteiger partial charge in [-0.15, -0.1) is 0 Å². The second kappa shape index (κ2) is 4.25. The van der Waals surface area contributed by atoms with Gasteiger partial charge in [-0.25, -0.2) is 0 Å². The summed E-state index contributed by atoms with van der Waals surface area (Å²) < 4.78 is 0. The first-order valence-electron chi connectivity index (χ1n) is 4.86. The molecule has 4 N–H and O–H groups in total. The first-order chi connectivity index (χ1) is 6.48. The van der Waals surface area contributed by atoms with Crippen molar-refractivity contribution in [1.29, 1.82) is 0 Å². The molecule has 5 heteroatoms. The summed E-state index contributed by atoms with van der Waals surface area (Å²) >= 11 is 0. The summed E-state index contributed by atoms with van der Waals surface area (Å²) in [6, 6.07) is -0.545. The number of β-amino-alcohol motifs (C(OH)–C–C–N with tert-alkyl or cyclic N) is 1. The Hall–Kier alpha value is -0.650. The zero-order chi connectivity index (χ0) is 10.8. The van der Waals surface area contributed by atoms with Crippen LogP contribution in [0.15, 0.2) is 0 Å². The quantitative estimate of drug-likeness (QED) is 0.518. The molecule has 1 aliphatic rings. The summed E-state index contributed by atoms with van der Waals surface area (Å²) in [4.78, 5) is 13.0. The third-order valence-corrected chi connectivity index (χ3v) is 2.55. The van der Waals surface area contributed by atoms with Crippen molar-refractivity contribution in [3.8, 4) is 0 Å². The standard InChI is InChI=1S/C9H18N2O3/c1-7(10)8(13)11-4-2-3-9(14,5-11)6-12/h7,12,14H,2-6,10H2,1H3/t7-,9?/m0/s1. The van der Waals surface area contributed by atoms with Gasteiger partial charge in [0.2, 0.25) is 5.91 Å². The Morgan fingerprint density at radius 2 is 2.36 bits per heavy atom. The molecule has 1 aliphatic heterocycles. The minimum absolute atomic E-state index is 0.170. The number of nitrogens with zero attached hydrogens (tertiary/aromatic N) is 1. The van der Waals surface area contributed by atoms with Gasteiger partial charge in [0.25, 0.3) is 0 Å². The summed E-state index contributed by atoms with van der Waals surface area (Å²) in [7, 11) is 0. The van der Waals surface area contributed by atoms with Gasteiger partial charge in [0.1, 0.15) is 5.60 Å². The fraction of sp³-hybridized carbons (Fsp3) is 0.889. The zero-order valence-corrected chi connectivity index (χ0v) is 8.44. The van der Waals surface area contributed by atoms with Gasteiger partial charge >= 0.3 is 0 Å². The van der Waals surface area contributed by atoms with Gasteiger partial charge in [0.05, 0.1) is 19.2 Å². The zero-order valence-electron chi connectivity index (χ0n) is 8.44. The number of carbonyl (C=O) groups is 1. The molecule has 14 heavy (non-hydrogen) atoms. The van der Waals surface area contributed by atoms with E-state index in [0.717, 1.165) is 0 Å². The van der Waals surface area contributed by atoms with Crippen LogP contribution in [0, 0.1) is 0 Å². The number of aliphatic hydroxyl groups excluding tert-OH is 1. The third-order valence-electron chi connectivity index (χ3n) is 2.55. The first kappa shape index (κ1) is 11.4. The first-order valence-corrected chi connectivity index (χ1v) is 4.86. The van der Waals surface area contributed by atoms with E-state index < -0.39 is 11.6 Å². The van der Waals surface area contributed by atoms with Crippen LogP contribution in [0.3, 0.4) is 0 Å². The Labute approximate surface area is 83.5 Å². The molecule has 0 aromatic rings. The van der Waals surface area contributed by atoms with Gasteiger partial charge in [0, 0.05) is 6.54 Å². The highest BCUT2D eigenvalue weighted by Gasteiger charge is 2.35. The van der Waals surface area contributed by atoms with Crippen LogP contribution in [0.4, 0.5) is 0 Å². The summed E-state index contributed by atoms with van der Waals surface area (Å²) in [5.41, 5.74) is 4.33. The molecule has 0 aromatic heterocycles. The summed E-state index contributed by atoms with van der Waals surface area (Å²) in [6.45, 7) is 2.11. The van der Waals surface area contributed by atoms with Crippen LogP contribution < -0.4 is 5.73 Å². The average Bonchev–Trinajstić information content (AvgIpc) is 2.16. The summed E-state index contributed by atoms with van der Waals surface area (Å²) in [6.07, 6.45) is 1.24. The minimum atomic E-state index is -1.14. The van der Waals surface area contributed by atoms with Crippen molar-refractivity contribution >= 4 is 5.91 Å². The van der Waals surface area contributed by atoms with Crippen molar-refractivity contribution in [3.05, 3.63) is 0 Å². The monoisotopic (exact) mass is 202 g/mol. The number of amides is 1. The van der Waals surface area contributed by atoms with Crippen LogP contribution in [0.25, 0.3) is 0 Å². The molecule has 1 rings (SSSR count). The van der Waals surface area contributed by atoms with E-state index in [4.69, 9.17) is 10.8 Å². The predicted molar refractivity (Wildman–Crippen MR) is 51.5 cm³/mol. The molecule has 0 spiro atoms. The Bertz CT molecular complexity index is 220. The van der Waals surface area contributed by atoms with Gasteiger partial charge in [-0.3, -0.25) is 4.79 Å². The normalized spacial score (nSPS) is 30.1. The Balaban J connectivity index is 2.60. The molecule has 0 aliphatic carbocycles. The number of likely N-dealkylation sites (tertiary alicyclic amines) is 1. The lowest BCUT2D eigenvalue weighted by Gasteiger charge is -2.38. The van der Waals surface area contributed by atoms with Crippen LogP contribution in [0.5, 0.6) is 0 Å². The SMILES string of the molecule is C[C@H](N)C(=O)N1CCCC(O)(CO)C1. The molecule has 1 fully saturated rings. The highest BCUT2D eigenvalue weighted by atomic mass is 16.3. The number of hydrogen-bond donors (Lipinski definition) is 3. The molecule has 82 valence electrons. The molecule has 1 saturated heterocycles. The highest BCUT2D eigenvalue weighted by molar-refractivity contribution is 5.81. The lowest BCUT2D eigenvalue weighted by atomic mass is 9.93. The van der Waals surface area contributed by atoms with Crippen LogP contribution in [-0.4, -0.2) is 52.4 Å². The van der Waals surface area contributed by atoms with Gasteiger partial charge < -0.3 is 20.8 Å². The van der Waals surface area contributed by atoms with E-state index in [1.807, 2.05) is 0 Å². The van der Waals surface area contributed by atoms with Gasteiger partial charge in [-0.1, -0.05) is 0 Å². The largest absolute Gasteiger partial charge is 0.393 e. The highest BCUT2D eigenvalue weighted by Crippen LogP contribution is 2.20. The second-order valence-electron chi connectivity index (χ2n) is 4.03. The van der Waals surface area contributed by atoms with E-state index in [0.29, 0.717) is 19.4 Å². The smallest absolute Gasteiger partial charge is 0.239 e. The van der Waals surface area contributed by atoms with Crippen molar-refractivity contribution in [2.75, 3.05) is 19.7 Å². The van der Waals surface area contributed by atoms with E-state index in [1.54, 1.807) is 6.92 Å². The van der Waals surface area contributed by atoms with Crippen molar-refractivity contribution in [2.24, 2.45) is 5.73 Å².